The van der Waals surface area contributed by atoms with Crippen LogP contribution in [-0.2, 0) is 7.05 Å². The summed E-state index contributed by atoms with van der Waals surface area (Å²) in [5.41, 5.74) is 1.13. The highest BCUT2D eigenvalue weighted by atomic mass is 16.4. The number of nitrogens with one attached hydrogen (secondary N) is 1. The molecule has 6 nitrogen and oxygen atoms in total. The summed E-state index contributed by atoms with van der Waals surface area (Å²) in [6.45, 7) is 0. The Morgan fingerprint density at radius 3 is 3.00 bits per heavy atom. The summed E-state index contributed by atoms with van der Waals surface area (Å²) in [4.78, 5) is 14.8. The van der Waals surface area contributed by atoms with Gasteiger partial charge in [-0.05, 0) is 0 Å². The van der Waals surface area contributed by atoms with E-state index in [0.29, 0.717) is 11.4 Å². The van der Waals surface area contributed by atoms with Crippen LogP contribution in [0.3, 0.4) is 0 Å². The fourth-order valence-electron chi connectivity index (χ4n) is 1.19. The van der Waals surface area contributed by atoms with Gasteiger partial charge in [0.05, 0.1) is 18.2 Å². The lowest BCUT2D eigenvalue weighted by Gasteiger charge is -1.92. The third kappa shape index (κ3) is 1.26. The van der Waals surface area contributed by atoms with Crippen LogP contribution in [0.15, 0.2) is 18.7 Å². The molecule has 14 heavy (non-hydrogen) atoms. The van der Waals surface area contributed by atoms with Crippen molar-refractivity contribution in [2.75, 3.05) is 0 Å². The van der Waals surface area contributed by atoms with E-state index >= 15 is 0 Å². The summed E-state index contributed by atoms with van der Waals surface area (Å²) in [6, 6.07) is 0. The van der Waals surface area contributed by atoms with Crippen molar-refractivity contribution in [3.63, 3.8) is 0 Å². The Morgan fingerprint density at radius 2 is 2.43 bits per heavy atom. The quantitative estimate of drug-likeness (QED) is 0.726. The Labute approximate surface area is 79.2 Å². The average Bonchev–Trinajstić information content (AvgIpc) is 2.70. The van der Waals surface area contributed by atoms with Gasteiger partial charge in [-0.3, -0.25) is 5.10 Å². The summed E-state index contributed by atoms with van der Waals surface area (Å²) in [5.74, 6) is -1.01. The fraction of sp³-hybridized carbons (Fsp3) is 0.125. The number of carbonyl (C=O) groups is 1. The molecular weight excluding hydrogens is 184 g/mol. The molecule has 2 rings (SSSR count). The van der Waals surface area contributed by atoms with E-state index < -0.39 is 5.97 Å². The van der Waals surface area contributed by atoms with Crippen LogP contribution in [0.4, 0.5) is 0 Å². The van der Waals surface area contributed by atoms with Gasteiger partial charge in [0, 0.05) is 13.2 Å². The number of aromatic nitrogens is 4. The number of hydrogen-bond donors (Lipinski definition) is 2. The SMILES string of the molecule is Cn1cnc(-c2[nH]ncc2C(=O)O)c1. The second-order valence-electron chi connectivity index (χ2n) is 2.89. The number of H-pyrrole nitrogens is 1. The topological polar surface area (TPSA) is 83.8 Å². The predicted molar refractivity (Wildman–Crippen MR) is 47.7 cm³/mol. The van der Waals surface area contributed by atoms with Gasteiger partial charge in [-0.15, -0.1) is 0 Å². The number of nitrogens with zero attached hydrogens (tertiary/aromatic N) is 3. The van der Waals surface area contributed by atoms with Gasteiger partial charge in [-0.2, -0.15) is 5.10 Å². The van der Waals surface area contributed by atoms with Gasteiger partial charge in [0.25, 0.3) is 0 Å². The van der Waals surface area contributed by atoms with Crippen molar-refractivity contribution in [3.8, 4) is 11.4 Å². The number of carboxylic acids is 1. The second-order valence-corrected chi connectivity index (χ2v) is 2.89. The number of imidazole rings is 1. The average molecular weight is 192 g/mol. The molecule has 0 unspecified atom stereocenters. The van der Waals surface area contributed by atoms with Gasteiger partial charge in [0.2, 0.25) is 0 Å². The van der Waals surface area contributed by atoms with E-state index in [2.05, 4.69) is 15.2 Å². The van der Waals surface area contributed by atoms with Gasteiger partial charge in [-0.25, -0.2) is 9.78 Å². The predicted octanol–water partition coefficient (Wildman–Crippen LogP) is 0.508. The Morgan fingerprint density at radius 1 is 1.64 bits per heavy atom. The maximum Gasteiger partial charge on any atom is 0.339 e. The molecule has 0 fully saturated rings. The molecule has 2 N–H and O–H groups in total. The third-order valence-corrected chi connectivity index (χ3v) is 1.83. The number of carboxylic acid groups (broad SMARTS) is 1. The van der Waals surface area contributed by atoms with Crippen LogP contribution in [-0.4, -0.2) is 30.8 Å². The van der Waals surface area contributed by atoms with Crippen LogP contribution in [0.1, 0.15) is 10.4 Å². The molecule has 0 bridgehead atoms. The Kier molecular flexibility index (Phi) is 1.81. The molecule has 0 aliphatic rings. The first-order valence-electron chi connectivity index (χ1n) is 3.93. The Balaban J connectivity index is 2.51. The van der Waals surface area contributed by atoms with E-state index in [1.165, 1.54) is 6.20 Å². The van der Waals surface area contributed by atoms with Crippen molar-refractivity contribution >= 4 is 5.97 Å². The minimum absolute atomic E-state index is 0.128. The summed E-state index contributed by atoms with van der Waals surface area (Å²) < 4.78 is 1.74. The highest BCUT2D eigenvalue weighted by Crippen LogP contribution is 2.18. The molecule has 2 heterocycles. The summed E-state index contributed by atoms with van der Waals surface area (Å²) in [6.07, 6.45) is 4.59. The number of aromatic amines is 1. The molecule has 2 aromatic rings. The molecule has 0 aliphatic carbocycles. The minimum atomic E-state index is -1.01. The molecule has 0 radical (unpaired) electrons. The number of hydrogen-bond acceptors (Lipinski definition) is 3. The van der Waals surface area contributed by atoms with Crippen LogP contribution in [0.2, 0.25) is 0 Å². The van der Waals surface area contributed by atoms with E-state index in [1.807, 2.05) is 7.05 Å². The Hall–Kier alpha value is -2.11. The van der Waals surface area contributed by atoms with Crippen molar-refractivity contribution < 1.29 is 9.90 Å². The monoisotopic (exact) mass is 192 g/mol. The zero-order chi connectivity index (χ0) is 10.1. The standard InChI is InChI=1S/C8H8N4O2/c1-12-3-6(9-4-12)7-5(8(13)14)2-10-11-7/h2-4H,1H3,(H,10,11)(H,13,14). The highest BCUT2D eigenvalue weighted by Gasteiger charge is 2.15. The lowest BCUT2D eigenvalue weighted by Crippen LogP contribution is -1.96. The molecule has 0 aliphatic heterocycles. The number of rotatable bonds is 2. The van der Waals surface area contributed by atoms with Crippen LogP contribution in [0.25, 0.3) is 11.4 Å². The van der Waals surface area contributed by atoms with Gasteiger partial charge in [0.1, 0.15) is 11.3 Å². The van der Waals surface area contributed by atoms with Gasteiger partial charge < -0.3 is 9.67 Å². The molecule has 0 amide bonds. The summed E-state index contributed by atoms with van der Waals surface area (Å²) in [7, 11) is 1.81. The number of aryl methyl sites for hydroxylation is 1. The zero-order valence-corrected chi connectivity index (χ0v) is 7.43. The minimum Gasteiger partial charge on any atom is -0.478 e. The zero-order valence-electron chi connectivity index (χ0n) is 7.43. The van der Waals surface area contributed by atoms with Gasteiger partial charge in [0.15, 0.2) is 0 Å². The first-order valence-corrected chi connectivity index (χ1v) is 3.93. The highest BCUT2D eigenvalue weighted by molar-refractivity contribution is 5.93. The molecule has 72 valence electrons. The number of aromatic carboxylic acids is 1. The van der Waals surface area contributed by atoms with Crippen LogP contribution in [0, 0.1) is 0 Å². The molecule has 0 saturated heterocycles. The molecular formula is C8H8N4O2. The fourth-order valence-corrected chi connectivity index (χ4v) is 1.19. The van der Waals surface area contributed by atoms with E-state index in [4.69, 9.17) is 5.11 Å². The van der Waals surface area contributed by atoms with Crippen LogP contribution in [0.5, 0.6) is 0 Å². The van der Waals surface area contributed by atoms with Crippen molar-refractivity contribution in [2.24, 2.45) is 7.05 Å². The van der Waals surface area contributed by atoms with E-state index in [-0.39, 0.29) is 5.56 Å². The lowest BCUT2D eigenvalue weighted by molar-refractivity contribution is 0.0698. The van der Waals surface area contributed by atoms with Crippen molar-refractivity contribution in [1.82, 2.24) is 19.7 Å². The smallest absolute Gasteiger partial charge is 0.339 e. The van der Waals surface area contributed by atoms with Crippen LogP contribution < -0.4 is 0 Å². The van der Waals surface area contributed by atoms with Crippen LogP contribution >= 0.6 is 0 Å². The van der Waals surface area contributed by atoms with Gasteiger partial charge >= 0.3 is 5.97 Å². The summed E-state index contributed by atoms with van der Waals surface area (Å²) in [5, 5.41) is 15.1. The lowest BCUT2D eigenvalue weighted by atomic mass is 10.2. The van der Waals surface area contributed by atoms with E-state index in [1.54, 1.807) is 17.1 Å². The maximum absolute atomic E-state index is 10.8. The summed E-state index contributed by atoms with van der Waals surface area (Å²) >= 11 is 0. The molecule has 0 atom stereocenters. The third-order valence-electron chi connectivity index (χ3n) is 1.83. The van der Waals surface area contributed by atoms with Crippen molar-refractivity contribution in [3.05, 3.63) is 24.3 Å². The normalized spacial score (nSPS) is 10.4. The van der Waals surface area contributed by atoms with E-state index in [9.17, 15) is 4.79 Å². The first kappa shape index (κ1) is 8.49. The Bertz CT molecular complexity index is 471. The largest absolute Gasteiger partial charge is 0.478 e. The molecule has 2 aromatic heterocycles. The first-order chi connectivity index (χ1) is 6.68. The molecule has 6 heteroatoms. The van der Waals surface area contributed by atoms with Crippen molar-refractivity contribution in [1.29, 1.82) is 0 Å². The van der Waals surface area contributed by atoms with E-state index in [0.717, 1.165) is 0 Å². The maximum atomic E-state index is 10.8. The molecule has 0 spiro atoms. The van der Waals surface area contributed by atoms with Crippen molar-refractivity contribution in [2.45, 2.75) is 0 Å². The van der Waals surface area contributed by atoms with Gasteiger partial charge in [-0.1, -0.05) is 0 Å². The molecule has 0 aromatic carbocycles. The molecule has 0 saturated carbocycles. The second kappa shape index (κ2) is 2.99.